The Bertz CT molecular complexity index is 485. The monoisotopic (exact) mass is 279 g/mol. The summed E-state index contributed by atoms with van der Waals surface area (Å²) in [5.41, 5.74) is 0. The van der Waals surface area contributed by atoms with E-state index in [1.165, 1.54) is 6.92 Å². The number of hydrogen-bond donors (Lipinski definition) is 2. The van der Waals surface area contributed by atoms with Crippen LogP contribution in [0.1, 0.15) is 49.6 Å². The molecule has 1 aromatic rings. The van der Waals surface area contributed by atoms with Crippen molar-refractivity contribution in [3.05, 3.63) is 11.6 Å². The number of piperidine rings is 1. The van der Waals surface area contributed by atoms with Gasteiger partial charge in [0.2, 0.25) is 11.7 Å². The molecule has 20 heavy (non-hydrogen) atoms. The molecule has 2 amide bonds. The number of rotatable bonds is 4. The summed E-state index contributed by atoms with van der Waals surface area (Å²) in [5.74, 6) is 0.731. The van der Waals surface area contributed by atoms with Gasteiger partial charge in [0.25, 0.3) is 5.91 Å². The number of aryl methyl sites for hydroxylation is 1. The van der Waals surface area contributed by atoms with Gasteiger partial charge < -0.3 is 10.2 Å². The maximum absolute atomic E-state index is 12.3. The molecule has 0 bridgehead atoms. The normalized spacial score (nSPS) is 18.9. The molecular weight excluding hydrogens is 258 g/mol. The number of aromatic nitrogens is 3. The Morgan fingerprint density at radius 2 is 2.30 bits per heavy atom. The number of amides is 2. The van der Waals surface area contributed by atoms with Crippen molar-refractivity contribution in [2.75, 3.05) is 13.1 Å². The second-order valence-corrected chi connectivity index (χ2v) is 5.15. The van der Waals surface area contributed by atoms with Crippen LogP contribution in [-0.2, 0) is 11.2 Å². The zero-order chi connectivity index (χ0) is 14.5. The largest absolute Gasteiger partial charge is 0.352 e. The van der Waals surface area contributed by atoms with Crippen LogP contribution in [-0.4, -0.2) is 51.0 Å². The van der Waals surface area contributed by atoms with Gasteiger partial charge in [0.15, 0.2) is 0 Å². The Morgan fingerprint density at radius 3 is 3.00 bits per heavy atom. The Hall–Kier alpha value is -1.92. The molecule has 0 spiro atoms. The van der Waals surface area contributed by atoms with Crippen molar-refractivity contribution in [2.24, 2.45) is 0 Å². The van der Waals surface area contributed by atoms with Crippen LogP contribution < -0.4 is 5.32 Å². The van der Waals surface area contributed by atoms with Crippen molar-refractivity contribution in [1.82, 2.24) is 25.4 Å². The van der Waals surface area contributed by atoms with E-state index in [0.29, 0.717) is 13.1 Å². The second-order valence-electron chi connectivity index (χ2n) is 5.15. The number of aromatic amines is 1. The van der Waals surface area contributed by atoms with Crippen molar-refractivity contribution < 1.29 is 9.59 Å². The van der Waals surface area contributed by atoms with Crippen molar-refractivity contribution in [2.45, 2.75) is 45.6 Å². The first-order chi connectivity index (χ1) is 9.60. The summed E-state index contributed by atoms with van der Waals surface area (Å²) in [6, 6.07) is 0.0271. The molecule has 7 nitrogen and oxygen atoms in total. The number of carbonyl (C=O) groups is 2. The molecule has 1 fully saturated rings. The van der Waals surface area contributed by atoms with Crippen LogP contribution in [0.4, 0.5) is 0 Å². The van der Waals surface area contributed by atoms with Gasteiger partial charge >= 0.3 is 0 Å². The highest BCUT2D eigenvalue weighted by Crippen LogP contribution is 2.12. The van der Waals surface area contributed by atoms with E-state index in [1.54, 1.807) is 4.90 Å². The number of nitrogens with zero attached hydrogens (tertiary/aromatic N) is 3. The summed E-state index contributed by atoms with van der Waals surface area (Å²) in [6.07, 6.45) is 3.52. The molecule has 2 heterocycles. The molecule has 0 radical (unpaired) electrons. The molecule has 2 rings (SSSR count). The lowest BCUT2D eigenvalue weighted by atomic mass is 10.1. The van der Waals surface area contributed by atoms with Crippen molar-refractivity contribution in [3.63, 3.8) is 0 Å². The fourth-order valence-electron chi connectivity index (χ4n) is 2.45. The van der Waals surface area contributed by atoms with E-state index in [0.717, 1.165) is 31.5 Å². The standard InChI is InChI=1S/C13H21N5O2/c1-3-5-11-15-12(17-16-11)13(20)18-7-4-6-10(8-18)14-9(2)19/h10H,3-8H2,1-2H3,(H,14,19)(H,15,16,17). The van der Waals surface area contributed by atoms with Gasteiger partial charge in [-0.15, -0.1) is 5.10 Å². The predicted octanol–water partition coefficient (Wildman–Crippen LogP) is 0.498. The zero-order valence-corrected chi connectivity index (χ0v) is 12.0. The van der Waals surface area contributed by atoms with Gasteiger partial charge in [0.1, 0.15) is 5.82 Å². The summed E-state index contributed by atoms with van der Waals surface area (Å²) >= 11 is 0. The minimum Gasteiger partial charge on any atom is -0.352 e. The van der Waals surface area contributed by atoms with E-state index in [4.69, 9.17) is 0 Å². The summed E-state index contributed by atoms with van der Waals surface area (Å²) in [5, 5.41) is 9.64. The predicted molar refractivity (Wildman–Crippen MR) is 73.1 cm³/mol. The first-order valence-electron chi connectivity index (χ1n) is 7.07. The average Bonchev–Trinajstić information content (AvgIpc) is 2.86. The van der Waals surface area contributed by atoms with Gasteiger partial charge in [-0.3, -0.25) is 14.7 Å². The van der Waals surface area contributed by atoms with E-state index in [9.17, 15) is 9.59 Å². The molecule has 2 N–H and O–H groups in total. The SMILES string of the molecule is CCCc1nc(C(=O)N2CCCC(NC(C)=O)C2)n[nH]1. The molecule has 1 aliphatic rings. The quantitative estimate of drug-likeness (QED) is 0.839. The topological polar surface area (TPSA) is 91.0 Å². The Kier molecular flexibility index (Phi) is 4.70. The fraction of sp³-hybridized carbons (Fsp3) is 0.692. The first-order valence-corrected chi connectivity index (χ1v) is 7.07. The molecule has 0 aliphatic carbocycles. The molecule has 1 atom stereocenters. The smallest absolute Gasteiger partial charge is 0.293 e. The lowest BCUT2D eigenvalue weighted by molar-refractivity contribution is -0.120. The van der Waals surface area contributed by atoms with Crippen LogP contribution in [0, 0.1) is 0 Å². The lowest BCUT2D eigenvalue weighted by Crippen LogP contribution is -2.49. The van der Waals surface area contributed by atoms with Gasteiger partial charge in [-0.05, 0) is 19.3 Å². The molecule has 1 saturated heterocycles. The maximum Gasteiger partial charge on any atom is 0.293 e. The van der Waals surface area contributed by atoms with Crippen LogP contribution >= 0.6 is 0 Å². The number of H-pyrrole nitrogens is 1. The minimum absolute atomic E-state index is 0.0271. The van der Waals surface area contributed by atoms with Crippen molar-refractivity contribution >= 4 is 11.8 Å². The first kappa shape index (κ1) is 14.5. The maximum atomic E-state index is 12.3. The van der Waals surface area contributed by atoms with Crippen LogP contribution in [0.2, 0.25) is 0 Å². The third kappa shape index (κ3) is 3.55. The van der Waals surface area contributed by atoms with Gasteiger partial charge in [0, 0.05) is 32.5 Å². The van der Waals surface area contributed by atoms with E-state index >= 15 is 0 Å². The van der Waals surface area contributed by atoms with E-state index in [1.807, 2.05) is 6.92 Å². The van der Waals surface area contributed by atoms with Gasteiger partial charge in [-0.1, -0.05) is 6.92 Å². The van der Waals surface area contributed by atoms with Crippen LogP contribution in [0.25, 0.3) is 0 Å². The van der Waals surface area contributed by atoms with Crippen molar-refractivity contribution in [1.29, 1.82) is 0 Å². The molecule has 1 aliphatic heterocycles. The highest BCUT2D eigenvalue weighted by Gasteiger charge is 2.27. The molecule has 7 heteroatoms. The zero-order valence-electron chi connectivity index (χ0n) is 12.0. The van der Waals surface area contributed by atoms with Crippen LogP contribution in [0.15, 0.2) is 0 Å². The summed E-state index contributed by atoms with van der Waals surface area (Å²) in [7, 11) is 0. The molecular formula is C13H21N5O2. The third-order valence-corrected chi connectivity index (χ3v) is 3.33. The van der Waals surface area contributed by atoms with E-state index < -0.39 is 0 Å². The highest BCUT2D eigenvalue weighted by atomic mass is 16.2. The second kappa shape index (κ2) is 6.49. The van der Waals surface area contributed by atoms with E-state index in [2.05, 4.69) is 20.5 Å². The lowest BCUT2D eigenvalue weighted by Gasteiger charge is -2.32. The number of carbonyl (C=O) groups excluding carboxylic acids is 2. The molecule has 0 saturated carbocycles. The Morgan fingerprint density at radius 1 is 1.50 bits per heavy atom. The van der Waals surface area contributed by atoms with Gasteiger partial charge in [-0.2, -0.15) is 0 Å². The summed E-state index contributed by atoms with van der Waals surface area (Å²) < 4.78 is 0. The fourth-order valence-corrected chi connectivity index (χ4v) is 2.45. The number of nitrogens with one attached hydrogen (secondary N) is 2. The van der Waals surface area contributed by atoms with E-state index in [-0.39, 0.29) is 23.7 Å². The highest BCUT2D eigenvalue weighted by molar-refractivity contribution is 5.90. The summed E-state index contributed by atoms with van der Waals surface area (Å²) in [6.45, 7) is 4.75. The molecule has 1 unspecified atom stereocenters. The molecule has 110 valence electrons. The van der Waals surface area contributed by atoms with Crippen LogP contribution in [0.5, 0.6) is 0 Å². The van der Waals surface area contributed by atoms with Crippen LogP contribution in [0.3, 0.4) is 0 Å². The average molecular weight is 279 g/mol. The summed E-state index contributed by atoms with van der Waals surface area (Å²) in [4.78, 5) is 29.3. The van der Waals surface area contributed by atoms with Gasteiger partial charge in [-0.25, -0.2) is 4.98 Å². The number of hydrogen-bond acceptors (Lipinski definition) is 4. The Labute approximate surface area is 118 Å². The molecule has 0 aromatic carbocycles. The number of likely N-dealkylation sites (tertiary alicyclic amines) is 1. The van der Waals surface area contributed by atoms with Crippen molar-refractivity contribution in [3.8, 4) is 0 Å². The Balaban J connectivity index is 1.98. The van der Waals surface area contributed by atoms with Gasteiger partial charge in [0.05, 0.1) is 0 Å². The minimum atomic E-state index is -0.168. The third-order valence-electron chi connectivity index (χ3n) is 3.33. The molecule has 1 aromatic heterocycles.